The zero-order valence-corrected chi connectivity index (χ0v) is 22.6. The zero-order valence-electron chi connectivity index (χ0n) is 20.3. The summed E-state index contributed by atoms with van der Waals surface area (Å²) in [5, 5.41) is 3.42. The molecule has 0 aromatic heterocycles. The summed E-state index contributed by atoms with van der Waals surface area (Å²) in [6, 6.07) is 3.09. The molecule has 2 fully saturated rings. The molecule has 8 nitrogen and oxygen atoms in total. The molecule has 11 heteroatoms. The molecule has 0 aliphatic carbocycles. The number of piperidine rings is 1. The fraction of sp³-hybridized carbons (Fsp3) is 0.583. The minimum atomic E-state index is -1.36. The summed E-state index contributed by atoms with van der Waals surface area (Å²) in [4.78, 5) is 26.0. The topological polar surface area (TPSA) is 97.0 Å². The fourth-order valence-electron chi connectivity index (χ4n) is 4.07. The van der Waals surface area contributed by atoms with Crippen molar-refractivity contribution in [3.63, 3.8) is 0 Å². The average Bonchev–Trinajstić information content (AvgIpc) is 2.82. The minimum Gasteiger partial charge on any atom is -0.489 e. The van der Waals surface area contributed by atoms with Crippen LogP contribution in [0.3, 0.4) is 0 Å². The summed E-state index contributed by atoms with van der Waals surface area (Å²) in [6.07, 6.45) is 2.32. The van der Waals surface area contributed by atoms with Gasteiger partial charge in [0, 0.05) is 24.7 Å². The Labute approximate surface area is 219 Å². The molecule has 2 saturated heterocycles. The number of carbonyl (C=O) groups excluding carboxylic acids is 2. The Kier molecular flexibility index (Phi) is 9.62. The summed E-state index contributed by atoms with van der Waals surface area (Å²) in [7, 11) is -1.36. The van der Waals surface area contributed by atoms with Gasteiger partial charge in [-0.15, -0.1) is 0 Å². The van der Waals surface area contributed by atoms with E-state index in [4.69, 9.17) is 32.7 Å². The first-order chi connectivity index (χ1) is 16.5. The first kappa shape index (κ1) is 27.9. The van der Waals surface area contributed by atoms with E-state index in [-0.39, 0.29) is 43.5 Å². The molecule has 2 N–H and O–H groups in total. The van der Waals surface area contributed by atoms with Gasteiger partial charge < -0.3 is 19.7 Å². The highest BCUT2D eigenvalue weighted by Gasteiger charge is 2.36. The number of morpholine rings is 1. The molecule has 0 saturated carbocycles. The highest BCUT2D eigenvalue weighted by atomic mass is 35.5. The number of benzene rings is 1. The fourth-order valence-corrected chi connectivity index (χ4v) is 5.30. The summed E-state index contributed by atoms with van der Waals surface area (Å²) in [5.74, 6) is 0.258. The number of hydrogen-bond donors (Lipinski definition) is 2. The summed E-state index contributed by atoms with van der Waals surface area (Å²) in [6.45, 7) is 10.8. The number of ether oxygens (including phenoxy) is 2. The molecule has 0 radical (unpaired) electrons. The van der Waals surface area contributed by atoms with Crippen LogP contribution in [-0.4, -0.2) is 64.6 Å². The Morgan fingerprint density at radius 2 is 2.00 bits per heavy atom. The van der Waals surface area contributed by atoms with Crippen molar-refractivity contribution in [2.45, 2.75) is 50.5 Å². The van der Waals surface area contributed by atoms with Crippen molar-refractivity contribution in [2.75, 3.05) is 32.8 Å². The second kappa shape index (κ2) is 12.1. The van der Waals surface area contributed by atoms with Crippen molar-refractivity contribution in [2.24, 2.45) is 5.92 Å². The van der Waals surface area contributed by atoms with Gasteiger partial charge in [0.15, 0.2) is 6.10 Å². The standard InChI is InChI=1S/C24H33Cl2N3O5S/c1-5-10-33-19-12-18(26)17(25)11-16(19)22(28-35(32)24(2,3)4)15-6-8-29(9-7-15)23(31)20-13-27-21(30)14-34-20/h5,11-12,15,20,22,28H,1,6-10,13-14H2,2-4H3,(H,27,30)/t20-,22+,35-/m0/s1. The van der Waals surface area contributed by atoms with Crippen LogP contribution in [0.1, 0.15) is 45.2 Å². The normalized spacial score (nSPS) is 21.2. The number of halogens is 2. The van der Waals surface area contributed by atoms with Crippen molar-refractivity contribution >= 4 is 46.0 Å². The van der Waals surface area contributed by atoms with Crippen LogP contribution in [0.5, 0.6) is 5.75 Å². The number of likely N-dealkylation sites (tertiary alicyclic amines) is 1. The van der Waals surface area contributed by atoms with Crippen LogP contribution in [0.4, 0.5) is 0 Å². The number of carbonyl (C=O) groups is 2. The lowest BCUT2D eigenvalue weighted by Gasteiger charge is -2.39. The van der Waals surface area contributed by atoms with E-state index >= 15 is 0 Å². The molecule has 2 amide bonds. The van der Waals surface area contributed by atoms with Crippen LogP contribution in [0.25, 0.3) is 0 Å². The van der Waals surface area contributed by atoms with Gasteiger partial charge in [0.2, 0.25) is 5.91 Å². The number of nitrogens with zero attached hydrogens (tertiary/aromatic N) is 1. The third kappa shape index (κ3) is 7.20. The maximum Gasteiger partial charge on any atom is 0.253 e. The van der Waals surface area contributed by atoms with E-state index in [1.807, 2.05) is 20.8 Å². The van der Waals surface area contributed by atoms with Crippen molar-refractivity contribution in [3.8, 4) is 5.75 Å². The Morgan fingerprint density at radius 3 is 2.57 bits per heavy atom. The molecule has 2 aliphatic heterocycles. The molecule has 0 bridgehead atoms. The Balaban J connectivity index is 1.82. The lowest BCUT2D eigenvalue weighted by molar-refractivity contribution is -0.151. The van der Waals surface area contributed by atoms with E-state index in [9.17, 15) is 13.8 Å². The molecule has 1 aromatic rings. The molecule has 35 heavy (non-hydrogen) atoms. The molecular weight excluding hydrogens is 513 g/mol. The SMILES string of the molecule is C=CCOc1cc(Cl)c(Cl)cc1[C@H](N[S@@](=O)C(C)(C)C)C1CCN(C(=O)[C@@H]2CNC(=O)CO2)CC1. The molecule has 194 valence electrons. The van der Waals surface area contributed by atoms with Gasteiger partial charge in [0.25, 0.3) is 5.91 Å². The first-order valence-corrected chi connectivity index (χ1v) is 13.5. The smallest absolute Gasteiger partial charge is 0.253 e. The van der Waals surface area contributed by atoms with Crippen LogP contribution >= 0.6 is 23.2 Å². The molecule has 2 aliphatic rings. The maximum atomic E-state index is 13.1. The molecule has 2 heterocycles. The van der Waals surface area contributed by atoms with Gasteiger partial charge in [0.1, 0.15) is 19.0 Å². The summed E-state index contributed by atoms with van der Waals surface area (Å²) < 4.78 is 27.3. The monoisotopic (exact) mass is 545 g/mol. The predicted molar refractivity (Wildman–Crippen MR) is 138 cm³/mol. The van der Waals surface area contributed by atoms with Crippen molar-refractivity contribution < 1.29 is 23.3 Å². The molecule has 1 aromatic carbocycles. The van der Waals surface area contributed by atoms with E-state index in [1.165, 1.54) is 0 Å². The molecule has 0 spiro atoms. The van der Waals surface area contributed by atoms with Crippen LogP contribution in [0.2, 0.25) is 10.0 Å². The second-order valence-corrected chi connectivity index (χ2v) is 12.5. The predicted octanol–water partition coefficient (Wildman–Crippen LogP) is 3.40. The third-order valence-electron chi connectivity index (χ3n) is 6.03. The molecule has 3 rings (SSSR count). The van der Waals surface area contributed by atoms with Crippen LogP contribution in [0, 0.1) is 5.92 Å². The lowest BCUT2D eigenvalue weighted by atomic mass is 9.85. The zero-order chi connectivity index (χ0) is 25.8. The highest BCUT2D eigenvalue weighted by Crippen LogP contribution is 2.40. The van der Waals surface area contributed by atoms with E-state index in [0.717, 1.165) is 5.56 Å². The largest absolute Gasteiger partial charge is 0.489 e. The lowest BCUT2D eigenvalue weighted by Crippen LogP contribution is -2.53. The van der Waals surface area contributed by atoms with Gasteiger partial charge in [-0.1, -0.05) is 35.9 Å². The van der Waals surface area contributed by atoms with Crippen LogP contribution < -0.4 is 14.8 Å². The van der Waals surface area contributed by atoms with Gasteiger partial charge in [-0.05, 0) is 45.6 Å². The van der Waals surface area contributed by atoms with E-state index in [0.29, 0.717) is 41.7 Å². The van der Waals surface area contributed by atoms with Crippen molar-refractivity contribution in [3.05, 3.63) is 40.4 Å². The Morgan fingerprint density at radius 1 is 1.34 bits per heavy atom. The van der Waals surface area contributed by atoms with Crippen LogP contribution in [0.15, 0.2) is 24.8 Å². The molecular formula is C24H33Cl2N3O5S. The third-order valence-corrected chi connectivity index (χ3v) is 8.34. The van der Waals surface area contributed by atoms with Gasteiger partial charge in [-0.2, -0.15) is 0 Å². The summed E-state index contributed by atoms with van der Waals surface area (Å²) >= 11 is 12.7. The van der Waals surface area contributed by atoms with E-state index in [1.54, 1.807) is 23.1 Å². The highest BCUT2D eigenvalue weighted by molar-refractivity contribution is 7.84. The van der Waals surface area contributed by atoms with Crippen LogP contribution in [-0.2, 0) is 25.3 Å². The Hall–Kier alpha value is -1.65. The minimum absolute atomic E-state index is 0.0562. The van der Waals surface area contributed by atoms with Gasteiger partial charge >= 0.3 is 0 Å². The Bertz CT molecular complexity index is 967. The maximum absolute atomic E-state index is 13.1. The number of amides is 2. The first-order valence-electron chi connectivity index (χ1n) is 11.6. The van der Waals surface area contributed by atoms with E-state index < -0.39 is 21.8 Å². The van der Waals surface area contributed by atoms with E-state index in [2.05, 4.69) is 16.6 Å². The number of rotatable bonds is 8. The number of nitrogens with one attached hydrogen (secondary N) is 2. The number of hydrogen-bond acceptors (Lipinski definition) is 5. The average molecular weight is 547 g/mol. The van der Waals surface area contributed by atoms with Gasteiger partial charge in [-0.25, -0.2) is 8.93 Å². The second-order valence-electron chi connectivity index (χ2n) is 9.65. The summed E-state index contributed by atoms with van der Waals surface area (Å²) in [5.41, 5.74) is 0.766. The quantitative estimate of drug-likeness (QED) is 0.488. The van der Waals surface area contributed by atoms with Gasteiger partial charge in [-0.3, -0.25) is 9.59 Å². The van der Waals surface area contributed by atoms with Crippen molar-refractivity contribution in [1.82, 2.24) is 14.9 Å². The van der Waals surface area contributed by atoms with Gasteiger partial charge in [0.05, 0.1) is 38.4 Å². The molecule has 0 unspecified atom stereocenters. The molecule has 3 atom stereocenters. The van der Waals surface area contributed by atoms with Crippen molar-refractivity contribution in [1.29, 1.82) is 0 Å².